The Morgan fingerprint density at radius 3 is 2.36 bits per heavy atom. The molecule has 136 valence electrons. The van der Waals surface area contributed by atoms with Crippen LogP contribution in [0.2, 0.25) is 0 Å². The van der Waals surface area contributed by atoms with Crippen molar-refractivity contribution in [3.05, 3.63) is 29.8 Å². The van der Waals surface area contributed by atoms with Crippen molar-refractivity contribution in [3.8, 4) is 5.75 Å². The molecule has 2 fully saturated rings. The normalized spacial score (nSPS) is 29.0. The van der Waals surface area contributed by atoms with Crippen LogP contribution in [0.25, 0.3) is 0 Å². The molecule has 1 aromatic carbocycles. The van der Waals surface area contributed by atoms with Crippen molar-refractivity contribution in [2.75, 3.05) is 0 Å². The first-order chi connectivity index (χ1) is 11.5. The van der Waals surface area contributed by atoms with Crippen LogP contribution < -0.4 is 10.2 Å². The Kier molecular flexibility index (Phi) is 4.08. The first-order valence-electron chi connectivity index (χ1n) is 8.26. The second-order valence-corrected chi connectivity index (χ2v) is 7.57. The Morgan fingerprint density at radius 1 is 1.24 bits per heavy atom. The zero-order valence-corrected chi connectivity index (χ0v) is 14.4. The van der Waals surface area contributed by atoms with E-state index in [1.54, 1.807) is 0 Å². The first kappa shape index (κ1) is 17.8. The molecule has 0 unspecified atom stereocenters. The Bertz CT molecular complexity index is 710. The molecule has 1 aromatic rings. The van der Waals surface area contributed by atoms with Crippen LogP contribution in [0.1, 0.15) is 50.4 Å². The number of hydrogen-bond acceptors (Lipinski definition) is 3. The fourth-order valence-corrected chi connectivity index (χ4v) is 4.09. The predicted octanol–water partition coefficient (Wildman–Crippen LogP) is 4.52. The van der Waals surface area contributed by atoms with E-state index >= 15 is 0 Å². The van der Waals surface area contributed by atoms with Crippen LogP contribution >= 0.6 is 0 Å². The van der Waals surface area contributed by atoms with Crippen molar-refractivity contribution >= 4 is 11.6 Å². The summed E-state index contributed by atoms with van der Waals surface area (Å²) in [7, 11) is 0. The number of carbonyl (C=O) groups is 1. The van der Waals surface area contributed by atoms with Crippen molar-refractivity contribution in [2.45, 2.75) is 46.4 Å². The molecule has 25 heavy (non-hydrogen) atoms. The lowest BCUT2D eigenvalue weighted by molar-refractivity contribution is -0.274. The van der Waals surface area contributed by atoms with Crippen LogP contribution in [0.4, 0.5) is 13.2 Å². The van der Waals surface area contributed by atoms with Gasteiger partial charge < -0.3 is 4.74 Å². The quantitative estimate of drug-likeness (QED) is 0.812. The highest BCUT2D eigenvalue weighted by molar-refractivity contribution is 5.98. The van der Waals surface area contributed by atoms with E-state index in [1.807, 2.05) is 0 Å². The van der Waals surface area contributed by atoms with Crippen LogP contribution in [-0.4, -0.2) is 18.0 Å². The van der Waals surface area contributed by atoms with Crippen LogP contribution in [0.5, 0.6) is 5.75 Å². The Balaban J connectivity index is 1.68. The number of benzene rings is 1. The third-order valence-electron chi connectivity index (χ3n) is 6.15. The van der Waals surface area contributed by atoms with Crippen LogP contribution in [0.3, 0.4) is 0 Å². The summed E-state index contributed by atoms with van der Waals surface area (Å²) in [4.78, 5) is 12.2. The van der Waals surface area contributed by atoms with Gasteiger partial charge in [-0.2, -0.15) is 5.10 Å². The Hall–Kier alpha value is -2.05. The van der Waals surface area contributed by atoms with Gasteiger partial charge in [-0.15, -0.1) is 13.2 Å². The molecule has 2 saturated carbocycles. The topological polar surface area (TPSA) is 50.7 Å². The molecule has 7 heteroatoms. The van der Waals surface area contributed by atoms with E-state index in [4.69, 9.17) is 0 Å². The monoisotopic (exact) mass is 354 g/mol. The number of fused-ring (bicyclic) bond motifs is 2. The zero-order valence-electron chi connectivity index (χ0n) is 14.4. The summed E-state index contributed by atoms with van der Waals surface area (Å²) in [5, 5.41) is 4.34. The summed E-state index contributed by atoms with van der Waals surface area (Å²) in [5.74, 6) is -0.236. The highest BCUT2D eigenvalue weighted by atomic mass is 19.4. The summed E-state index contributed by atoms with van der Waals surface area (Å²) in [6, 6.07) is 4.78. The molecule has 1 amide bonds. The van der Waals surface area contributed by atoms with Gasteiger partial charge in [-0.3, -0.25) is 4.79 Å². The lowest BCUT2D eigenvalue weighted by Crippen LogP contribution is -2.34. The number of nitrogens with one attached hydrogen (secondary N) is 1. The predicted molar refractivity (Wildman–Crippen MR) is 87.3 cm³/mol. The SMILES string of the molecule is CC1(C)[C@H]2CC[C@]1(C)/C(=N/NC(=O)c1ccc(OC(F)(F)F)cc1)C2. The Labute approximate surface area is 144 Å². The van der Waals surface area contributed by atoms with E-state index in [0.717, 1.165) is 30.7 Å². The van der Waals surface area contributed by atoms with Gasteiger partial charge in [0.15, 0.2) is 0 Å². The number of nitrogens with zero attached hydrogens (tertiary/aromatic N) is 1. The molecule has 0 aliphatic heterocycles. The zero-order chi connectivity index (χ0) is 18.5. The van der Waals surface area contributed by atoms with Crippen molar-refractivity contribution in [2.24, 2.45) is 21.8 Å². The van der Waals surface area contributed by atoms with E-state index in [1.165, 1.54) is 18.6 Å². The number of rotatable bonds is 3. The van der Waals surface area contributed by atoms with Crippen LogP contribution in [0, 0.1) is 16.7 Å². The average molecular weight is 354 g/mol. The van der Waals surface area contributed by atoms with Crippen LogP contribution in [-0.2, 0) is 0 Å². The summed E-state index contributed by atoms with van der Waals surface area (Å²) >= 11 is 0. The summed E-state index contributed by atoms with van der Waals surface area (Å²) in [5.41, 5.74) is 3.91. The molecule has 2 atom stereocenters. The number of alkyl halides is 3. The Morgan fingerprint density at radius 2 is 1.88 bits per heavy atom. The molecule has 2 bridgehead atoms. The second-order valence-electron chi connectivity index (χ2n) is 7.57. The molecular formula is C18H21F3N2O2. The van der Waals surface area contributed by atoms with Gasteiger partial charge in [0.25, 0.3) is 5.91 Å². The number of hydrogen-bond donors (Lipinski definition) is 1. The lowest BCUT2D eigenvalue weighted by Gasteiger charge is -2.34. The summed E-state index contributed by atoms with van der Waals surface area (Å²) in [6.45, 7) is 6.68. The summed E-state index contributed by atoms with van der Waals surface area (Å²) < 4.78 is 40.2. The number of ether oxygens (including phenoxy) is 1. The largest absolute Gasteiger partial charge is 0.573 e. The summed E-state index contributed by atoms with van der Waals surface area (Å²) in [6.07, 6.45) is -1.64. The third-order valence-corrected chi connectivity index (χ3v) is 6.15. The maximum absolute atomic E-state index is 12.2. The maximum atomic E-state index is 12.2. The number of amides is 1. The van der Waals surface area contributed by atoms with E-state index in [-0.39, 0.29) is 22.1 Å². The van der Waals surface area contributed by atoms with Gasteiger partial charge in [-0.1, -0.05) is 20.8 Å². The molecule has 0 heterocycles. The molecule has 0 saturated heterocycles. The lowest BCUT2D eigenvalue weighted by atomic mass is 9.70. The van der Waals surface area contributed by atoms with E-state index in [0.29, 0.717) is 5.92 Å². The molecule has 2 aliphatic rings. The van der Waals surface area contributed by atoms with Crippen molar-refractivity contribution in [1.82, 2.24) is 5.43 Å². The van der Waals surface area contributed by atoms with Crippen molar-refractivity contribution in [1.29, 1.82) is 0 Å². The number of carbonyl (C=O) groups excluding carboxylic acids is 1. The maximum Gasteiger partial charge on any atom is 0.573 e. The third kappa shape index (κ3) is 3.12. The molecule has 3 rings (SSSR count). The van der Waals surface area contributed by atoms with Crippen molar-refractivity contribution < 1.29 is 22.7 Å². The molecule has 2 aliphatic carbocycles. The smallest absolute Gasteiger partial charge is 0.406 e. The molecule has 0 spiro atoms. The fraction of sp³-hybridized carbons (Fsp3) is 0.556. The minimum absolute atomic E-state index is 0.0185. The van der Waals surface area contributed by atoms with E-state index in [2.05, 4.69) is 36.0 Å². The van der Waals surface area contributed by atoms with Gasteiger partial charge in [0.2, 0.25) is 0 Å². The van der Waals surface area contributed by atoms with E-state index < -0.39 is 12.3 Å². The first-order valence-corrected chi connectivity index (χ1v) is 8.26. The standard InChI is InChI=1S/C18H21F3N2O2/c1-16(2)12-8-9-17(16,3)14(10-12)22-23-15(24)11-4-6-13(7-5-11)25-18(19,20)21/h4-7,12H,8-10H2,1-3H3,(H,23,24)/b22-14+/t12-,17+/m0/s1. The highest BCUT2D eigenvalue weighted by Crippen LogP contribution is 2.63. The van der Waals surface area contributed by atoms with Gasteiger partial charge in [0, 0.05) is 16.7 Å². The molecule has 4 nitrogen and oxygen atoms in total. The molecule has 0 radical (unpaired) electrons. The number of halogens is 3. The van der Waals surface area contributed by atoms with Gasteiger partial charge in [-0.05, 0) is 54.9 Å². The van der Waals surface area contributed by atoms with Gasteiger partial charge in [-0.25, -0.2) is 5.43 Å². The van der Waals surface area contributed by atoms with Gasteiger partial charge in [0.05, 0.1) is 0 Å². The van der Waals surface area contributed by atoms with E-state index in [9.17, 15) is 18.0 Å². The fourth-order valence-electron chi connectivity index (χ4n) is 4.09. The highest BCUT2D eigenvalue weighted by Gasteiger charge is 2.60. The van der Waals surface area contributed by atoms with Gasteiger partial charge in [0.1, 0.15) is 5.75 Å². The minimum Gasteiger partial charge on any atom is -0.406 e. The number of hydrazone groups is 1. The minimum atomic E-state index is -4.75. The second kappa shape index (κ2) is 5.75. The van der Waals surface area contributed by atoms with Gasteiger partial charge >= 0.3 is 6.36 Å². The molecule has 1 N–H and O–H groups in total. The van der Waals surface area contributed by atoms with Crippen LogP contribution in [0.15, 0.2) is 29.4 Å². The molecule has 0 aromatic heterocycles. The molecular weight excluding hydrogens is 333 g/mol. The average Bonchev–Trinajstić information content (AvgIpc) is 2.84. The van der Waals surface area contributed by atoms with Crippen molar-refractivity contribution in [3.63, 3.8) is 0 Å².